The van der Waals surface area contributed by atoms with Gasteiger partial charge in [0.05, 0.1) is 4.92 Å². The van der Waals surface area contributed by atoms with Crippen molar-refractivity contribution in [1.82, 2.24) is 4.98 Å². The molecular formula is C10H5ClN2O5S. The minimum absolute atomic E-state index is 0.0521. The smallest absolute Gasteiger partial charge is 0.349 e. The van der Waals surface area contributed by atoms with E-state index >= 15 is 0 Å². The number of nitro groups is 1. The van der Waals surface area contributed by atoms with Gasteiger partial charge in [-0.1, -0.05) is 22.9 Å². The van der Waals surface area contributed by atoms with E-state index in [1.807, 2.05) is 0 Å². The third-order valence-corrected chi connectivity index (χ3v) is 3.32. The lowest BCUT2D eigenvalue weighted by molar-refractivity contribution is -0.384. The Bertz CT molecular complexity index is 640. The number of ether oxygens (including phenoxy) is 1. The van der Waals surface area contributed by atoms with Gasteiger partial charge in [0.1, 0.15) is 5.75 Å². The molecule has 0 saturated carbocycles. The lowest BCUT2D eigenvalue weighted by Crippen LogP contribution is -1.91. The van der Waals surface area contributed by atoms with Gasteiger partial charge in [0, 0.05) is 12.1 Å². The molecule has 7 nitrogen and oxygen atoms in total. The SMILES string of the molecule is O=C(O)c1sc(Oc2ccc([N+](=O)[O-])cc2)nc1Cl. The third kappa shape index (κ3) is 2.98. The van der Waals surface area contributed by atoms with Crippen LogP contribution in [-0.2, 0) is 0 Å². The Morgan fingerprint density at radius 2 is 2.05 bits per heavy atom. The van der Waals surface area contributed by atoms with E-state index in [0.29, 0.717) is 5.75 Å². The van der Waals surface area contributed by atoms with E-state index in [2.05, 4.69) is 4.98 Å². The van der Waals surface area contributed by atoms with Gasteiger partial charge in [0.25, 0.3) is 10.9 Å². The highest BCUT2D eigenvalue weighted by molar-refractivity contribution is 7.15. The molecule has 0 radical (unpaired) electrons. The van der Waals surface area contributed by atoms with Crippen molar-refractivity contribution in [3.8, 4) is 10.9 Å². The van der Waals surface area contributed by atoms with E-state index in [0.717, 1.165) is 11.3 Å². The molecule has 9 heteroatoms. The van der Waals surface area contributed by atoms with Gasteiger partial charge in [-0.05, 0) is 12.1 Å². The molecule has 1 N–H and O–H groups in total. The number of rotatable bonds is 4. The van der Waals surface area contributed by atoms with Crippen molar-refractivity contribution in [2.75, 3.05) is 0 Å². The summed E-state index contributed by atoms with van der Waals surface area (Å²) >= 11 is 6.40. The number of carboxylic acids is 1. The number of aromatic carboxylic acids is 1. The number of carboxylic acid groups (broad SMARTS) is 1. The normalized spacial score (nSPS) is 10.2. The average molecular weight is 301 g/mol. The van der Waals surface area contributed by atoms with Crippen molar-refractivity contribution >= 4 is 34.6 Å². The minimum Gasteiger partial charge on any atom is -0.477 e. The van der Waals surface area contributed by atoms with Gasteiger partial charge in [0.15, 0.2) is 10.0 Å². The Morgan fingerprint density at radius 1 is 1.42 bits per heavy atom. The molecule has 0 atom stereocenters. The van der Waals surface area contributed by atoms with Gasteiger partial charge in [-0.15, -0.1) is 0 Å². The van der Waals surface area contributed by atoms with Crippen LogP contribution in [0.25, 0.3) is 0 Å². The fourth-order valence-electron chi connectivity index (χ4n) is 1.20. The fourth-order valence-corrected chi connectivity index (χ4v) is 2.19. The number of aromatic nitrogens is 1. The van der Waals surface area contributed by atoms with Crippen LogP contribution in [0.1, 0.15) is 9.67 Å². The van der Waals surface area contributed by atoms with Crippen molar-refractivity contribution in [3.05, 3.63) is 44.4 Å². The van der Waals surface area contributed by atoms with Gasteiger partial charge in [-0.25, -0.2) is 4.79 Å². The second kappa shape index (κ2) is 5.21. The number of nitrogens with zero attached hydrogens (tertiary/aromatic N) is 2. The summed E-state index contributed by atoms with van der Waals surface area (Å²) in [6, 6.07) is 5.30. The van der Waals surface area contributed by atoms with Crippen molar-refractivity contribution < 1.29 is 19.6 Å². The van der Waals surface area contributed by atoms with E-state index in [4.69, 9.17) is 21.4 Å². The Kier molecular flexibility index (Phi) is 3.63. The molecule has 0 fully saturated rings. The summed E-state index contributed by atoms with van der Waals surface area (Å²) in [6.45, 7) is 0. The largest absolute Gasteiger partial charge is 0.477 e. The molecule has 0 saturated heterocycles. The first-order chi connectivity index (χ1) is 8.97. The summed E-state index contributed by atoms with van der Waals surface area (Å²) in [4.78, 5) is 24.3. The van der Waals surface area contributed by atoms with Crippen LogP contribution in [0.2, 0.25) is 5.15 Å². The van der Waals surface area contributed by atoms with Crippen molar-refractivity contribution in [2.24, 2.45) is 0 Å². The van der Waals surface area contributed by atoms with Crippen LogP contribution in [0.15, 0.2) is 24.3 Å². The monoisotopic (exact) mass is 300 g/mol. The van der Waals surface area contributed by atoms with E-state index in [-0.39, 0.29) is 20.9 Å². The molecular weight excluding hydrogens is 296 g/mol. The summed E-state index contributed by atoms with van der Waals surface area (Å²) in [5.74, 6) is -0.894. The summed E-state index contributed by atoms with van der Waals surface area (Å²) in [5.41, 5.74) is -0.0734. The molecule has 98 valence electrons. The van der Waals surface area contributed by atoms with Crippen molar-refractivity contribution in [1.29, 1.82) is 0 Å². The second-order valence-electron chi connectivity index (χ2n) is 3.26. The molecule has 0 aliphatic rings. The van der Waals surface area contributed by atoms with Crippen molar-refractivity contribution in [3.63, 3.8) is 0 Å². The van der Waals surface area contributed by atoms with E-state index in [9.17, 15) is 14.9 Å². The molecule has 1 aromatic heterocycles. The lowest BCUT2D eigenvalue weighted by Gasteiger charge is -1.99. The predicted molar refractivity (Wildman–Crippen MR) is 67.3 cm³/mol. The summed E-state index contributed by atoms with van der Waals surface area (Å²) in [5, 5.41) is 19.2. The van der Waals surface area contributed by atoms with E-state index in [1.165, 1.54) is 24.3 Å². The molecule has 2 aromatic rings. The topological polar surface area (TPSA) is 103 Å². The maximum atomic E-state index is 10.8. The molecule has 0 bridgehead atoms. The molecule has 0 amide bonds. The summed E-state index contributed by atoms with van der Waals surface area (Å²) in [6.07, 6.45) is 0. The van der Waals surface area contributed by atoms with Gasteiger partial charge < -0.3 is 9.84 Å². The quantitative estimate of drug-likeness (QED) is 0.687. The third-order valence-electron chi connectivity index (χ3n) is 2.01. The van der Waals surface area contributed by atoms with Crippen LogP contribution in [0.4, 0.5) is 5.69 Å². The Morgan fingerprint density at radius 3 is 2.53 bits per heavy atom. The number of benzene rings is 1. The standard InChI is InChI=1S/C10H5ClN2O5S/c11-8-7(9(14)15)19-10(12-8)18-6-3-1-5(2-4-6)13(16)17/h1-4H,(H,14,15). The highest BCUT2D eigenvalue weighted by Crippen LogP contribution is 2.32. The summed E-state index contributed by atoms with van der Waals surface area (Å²) in [7, 11) is 0. The first-order valence-corrected chi connectivity index (χ1v) is 5.99. The molecule has 19 heavy (non-hydrogen) atoms. The predicted octanol–water partition coefficient (Wildman–Crippen LogP) is 3.20. The maximum absolute atomic E-state index is 10.8. The van der Waals surface area contributed by atoms with Gasteiger partial charge in [-0.2, -0.15) is 4.98 Å². The number of carbonyl (C=O) groups is 1. The molecule has 2 rings (SSSR count). The zero-order valence-corrected chi connectivity index (χ0v) is 10.6. The Labute approximate surface area is 115 Å². The van der Waals surface area contributed by atoms with E-state index < -0.39 is 10.9 Å². The molecule has 1 heterocycles. The number of halogens is 1. The maximum Gasteiger partial charge on any atom is 0.349 e. The summed E-state index contributed by atoms with van der Waals surface area (Å²) < 4.78 is 5.26. The van der Waals surface area contributed by atoms with Crippen LogP contribution in [0, 0.1) is 10.1 Å². The van der Waals surface area contributed by atoms with Crippen LogP contribution >= 0.6 is 22.9 Å². The Hall–Kier alpha value is -2.19. The van der Waals surface area contributed by atoms with Gasteiger partial charge in [-0.3, -0.25) is 10.1 Å². The second-order valence-corrected chi connectivity index (χ2v) is 4.58. The molecule has 0 spiro atoms. The van der Waals surface area contributed by atoms with Crippen LogP contribution < -0.4 is 4.74 Å². The van der Waals surface area contributed by atoms with Crippen LogP contribution in [-0.4, -0.2) is 21.0 Å². The average Bonchev–Trinajstić information content (AvgIpc) is 2.71. The highest BCUT2D eigenvalue weighted by atomic mass is 35.5. The number of nitro benzene ring substituents is 1. The van der Waals surface area contributed by atoms with Gasteiger partial charge in [0.2, 0.25) is 0 Å². The van der Waals surface area contributed by atoms with Crippen molar-refractivity contribution in [2.45, 2.75) is 0 Å². The first-order valence-electron chi connectivity index (χ1n) is 4.79. The number of hydrogen-bond acceptors (Lipinski definition) is 6. The minimum atomic E-state index is -1.19. The Balaban J connectivity index is 2.19. The zero-order chi connectivity index (χ0) is 14.0. The molecule has 0 aliphatic heterocycles. The first kappa shape index (κ1) is 13.2. The van der Waals surface area contributed by atoms with Crippen LogP contribution in [0.3, 0.4) is 0 Å². The highest BCUT2D eigenvalue weighted by Gasteiger charge is 2.17. The molecule has 0 unspecified atom stereocenters. The van der Waals surface area contributed by atoms with Gasteiger partial charge >= 0.3 is 5.97 Å². The lowest BCUT2D eigenvalue weighted by atomic mass is 10.3. The fraction of sp³-hybridized carbons (Fsp3) is 0. The number of thiazole rings is 1. The van der Waals surface area contributed by atoms with E-state index in [1.54, 1.807) is 0 Å². The number of hydrogen-bond donors (Lipinski definition) is 1. The zero-order valence-electron chi connectivity index (χ0n) is 9.07. The molecule has 0 aliphatic carbocycles. The molecule has 1 aromatic carbocycles. The van der Waals surface area contributed by atoms with Crippen LogP contribution in [0.5, 0.6) is 10.9 Å². The number of non-ortho nitro benzene ring substituents is 1.